The molecule has 12 aromatic rings. The summed E-state index contributed by atoms with van der Waals surface area (Å²) in [6, 6.07) is 111. The maximum Gasteiger partial charge on any atom is 0.0740 e. The summed E-state index contributed by atoms with van der Waals surface area (Å²) in [5, 5.41) is 0. The second-order valence-corrected chi connectivity index (χ2v) is 20.3. The molecule has 15 rings (SSSR count). The van der Waals surface area contributed by atoms with E-state index in [-0.39, 0.29) is 0 Å². The van der Waals surface area contributed by atoms with E-state index < -0.39 is 10.8 Å². The fourth-order valence-electron chi connectivity index (χ4n) is 13.5. The van der Waals surface area contributed by atoms with E-state index in [0.29, 0.717) is 0 Å². The van der Waals surface area contributed by atoms with Gasteiger partial charge in [0.2, 0.25) is 0 Å². The molecule has 3 aliphatic carbocycles. The lowest BCUT2D eigenvalue weighted by molar-refractivity contribution is 0.633. The van der Waals surface area contributed by atoms with Gasteiger partial charge in [0.25, 0.3) is 0 Å². The monoisotopic (exact) mass is 951 g/mol. The third-order valence-electron chi connectivity index (χ3n) is 16.6. The van der Waals surface area contributed by atoms with Crippen molar-refractivity contribution in [3.63, 3.8) is 0 Å². The van der Waals surface area contributed by atoms with Crippen molar-refractivity contribution in [3.05, 3.63) is 342 Å². The van der Waals surface area contributed by atoms with Gasteiger partial charge >= 0.3 is 0 Å². The summed E-state index contributed by atoms with van der Waals surface area (Å²) in [4.78, 5) is 2.53. The minimum absolute atomic E-state index is 0.643. The van der Waals surface area contributed by atoms with Gasteiger partial charge in [0.1, 0.15) is 0 Å². The molecule has 2 spiro atoms. The average Bonchev–Trinajstić information content (AvgIpc) is 4.16. The van der Waals surface area contributed by atoms with Crippen LogP contribution in [0.2, 0.25) is 0 Å². The molecule has 0 saturated carbocycles. The Hall–Kier alpha value is -9.56. The van der Waals surface area contributed by atoms with Crippen molar-refractivity contribution in [2.75, 3.05) is 4.90 Å². The van der Waals surface area contributed by atoms with E-state index in [4.69, 9.17) is 0 Å². The Morgan fingerprint density at radius 2 is 0.520 bits per heavy atom. The highest BCUT2D eigenvalue weighted by molar-refractivity contribution is 5.99. The Labute approximate surface area is 439 Å². The molecule has 0 radical (unpaired) electrons. The molecule has 0 amide bonds. The normalized spacial score (nSPS) is 14.8. The number of fused-ring (bicyclic) bond motifs is 16. The van der Waals surface area contributed by atoms with Crippen molar-refractivity contribution in [2.45, 2.75) is 10.8 Å². The van der Waals surface area contributed by atoms with Crippen LogP contribution in [0.3, 0.4) is 0 Å². The van der Waals surface area contributed by atoms with Crippen molar-refractivity contribution in [1.29, 1.82) is 0 Å². The molecule has 350 valence electrons. The van der Waals surface area contributed by atoms with E-state index in [1.807, 2.05) is 0 Å². The number of hydrogen-bond acceptors (Lipinski definition) is 1. The molecule has 1 atom stereocenters. The zero-order valence-corrected chi connectivity index (χ0v) is 41.2. The van der Waals surface area contributed by atoms with Gasteiger partial charge in [0.05, 0.1) is 16.5 Å². The second kappa shape index (κ2) is 17.0. The summed E-state index contributed by atoms with van der Waals surface area (Å²) < 4.78 is 0. The number of benzene rings is 12. The van der Waals surface area contributed by atoms with E-state index in [0.717, 1.165) is 17.1 Å². The summed E-state index contributed by atoms with van der Waals surface area (Å²) >= 11 is 0. The Morgan fingerprint density at radius 3 is 0.973 bits per heavy atom. The highest BCUT2D eigenvalue weighted by atomic mass is 15.1. The van der Waals surface area contributed by atoms with Gasteiger partial charge in [-0.15, -0.1) is 0 Å². The second-order valence-electron chi connectivity index (χ2n) is 20.3. The fourth-order valence-corrected chi connectivity index (χ4v) is 13.5. The molecular weight excluding hydrogens is 903 g/mol. The summed E-state index contributed by atoms with van der Waals surface area (Å²) in [5.41, 5.74) is 26.9. The molecular formula is C74H49N. The molecule has 0 saturated heterocycles. The molecule has 0 N–H and O–H groups in total. The summed E-state index contributed by atoms with van der Waals surface area (Å²) in [7, 11) is 0. The number of hydrogen-bond donors (Lipinski definition) is 0. The molecule has 0 heterocycles. The van der Waals surface area contributed by atoms with E-state index in [1.165, 1.54) is 111 Å². The fraction of sp³-hybridized carbons (Fsp3) is 0.0270. The maximum atomic E-state index is 2.57. The van der Waals surface area contributed by atoms with Crippen LogP contribution in [0.5, 0.6) is 0 Å². The smallest absolute Gasteiger partial charge is 0.0740 e. The summed E-state index contributed by atoms with van der Waals surface area (Å²) in [6.45, 7) is 0. The molecule has 0 aromatic heterocycles. The number of nitrogens with zero attached hydrogens (tertiary/aromatic N) is 1. The van der Waals surface area contributed by atoms with Crippen LogP contribution in [0.15, 0.2) is 297 Å². The highest BCUT2D eigenvalue weighted by Crippen LogP contribution is 2.69. The Kier molecular flexibility index (Phi) is 9.77. The molecule has 75 heavy (non-hydrogen) atoms. The number of anilines is 3. The van der Waals surface area contributed by atoms with Gasteiger partial charge in [-0.2, -0.15) is 0 Å². The molecule has 3 aliphatic rings. The lowest BCUT2D eigenvalue weighted by atomic mass is 9.51. The van der Waals surface area contributed by atoms with Crippen LogP contribution in [0.4, 0.5) is 17.1 Å². The average molecular weight is 952 g/mol. The zero-order chi connectivity index (χ0) is 49.5. The SMILES string of the molecule is c1ccc(-c2ccc(N(c3ccc(-c4ccccc4)cc3)c3cccc4c3C3(c5ccccc5-4)c4ccc(-c5ccccc5)cc4C4(c5ccccc5-c5ccccc54)c4ccc(-c5ccccc5)cc43)cc2)cc1. The van der Waals surface area contributed by atoms with E-state index >= 15 is 0 Å². The molecule has 1 nitrogen and oxygen atoms in total. The topological polar surface area (TPSA) is 3.24 Å². The lowest BCUT2D eigenvalue weighted by Gasteiger charge is -2.50. The first-order valence-electron chi connectivity index (χ1n) is 26.2. The molecule has 0 bridgehead atoms. The third kappa shape index (κ3) is 6.32. The predicted molar refractivity (Wildman–Crippen MR) is 311 cm³/mol. The Bertz CT molecular complexity index is 4010. The van der Waals surface area contributed by atoms with Gasteiger partial charge in [-0.05, 0) is 148 Å². The summed E-state index contributed by atoms with van der Waals surface area (Å²) in [6.07, 6.45) is 0. The third-order valence-corrected chi connectivity index (χ3v) is 16.6. The van der Waals surface area contributed by atoms with Crippen molar-refractivity contribution in [3.8, 4) is 66.8 Å². The first-order chi connectivity index (χ1) is 37.2. The van der Waals surface area contributed by atoms with E-state index in [2.05, 4.69) is 302 Å². The van der Waals surface area contributed by atoms with Gasteiger partial charge in [-0.1, -0.05) is 255 Å². The standard InChI is InChI=1S/C74H49N/c1-5-20-50(21-6-1)54-36-42-58(43-37-54)75(59-44-38-55(39-45-59)51-22-7-2-8-23-51)71-35-19-31-63-62-30-15-18-34-66(62)74(72(63)71)68-47-41-56(52-24-9-3-10-25-52)48-69(68)73(64-32-16-13-28-60(64)61-29-14-17-33-65(61)73)67-46-40-57(49-70(67)74)53-26-11-4-12-27-53/h1-49H. The highest BCUT2D eigenvalue weighted by Gasteiger charge is 2.60. The first-order valence-corrected chi connectivity index (χ1v) is 26.2. The van der Waals surface area contributed by atoms with E-state index in [9.17, 15) is 0 Å². The van der Waals surface area contributed by atoms with Crippen molar-refractivity contribution in [2.24, 2.45) is 0 Å². The van der Waals surface area contributed by atoms with Crippen LogP contribution in [-0.2, 0) is 10.8 Å². The van der Waals surface area contributed by atoms with Crippen molar-refractivity contribution >= 4 is 17.1 Å². The minimum Gasteiger partial charge on any atom is -0.310 e. The van der Waals surface area contributed by atoms with Crippen LogP contribution in [0.25, 0.3) is 66.8 Å². The molecule has 0 aliphatic heterocycles. The van der Waals surface area contributed by atoms with Gasteiger partial charge in [-0.3, -0.25) is 0 Å². The van der Waals surface area contributed by atoms with Crippen LogP contribution in [-0.4, -0.2) is 0 Å². The van der Waals surface area contributed by atoms with Crippen LogP contribution in [0, 0.1) is 0 Å². The summed E-state index contributed by atoms with van der Waals surface area (Å²) in [5.74, 6) is 0. The van der Waals surface area contributed by atoms with Gasteiger partial charge in [0, 0.05) is 16.9 Å². The quantitative estimate of drug-likeness (QED) is 0.154. The maximum absolute atomic E-state index is 2.57. The molecule has 12 aromatic carbocycles. The Morgan fingerprint density at radius 1 is 0.200 bits per heavy atom. The van der Waals surface area contributed by atoms with Crippen LogP contribution >= 0.6 is 0 Å². The first kappa shape index (κ1) is 43.1. The van der Waals surface area contributed by atoms with Gasteiger partial charge in [-0.25, -0.2) is 0 Å². The lowest BCUT2D eigenvalue weighted by Crippen LogP contribution is -2.44. The van der Waals surface area contributed by atoms with Crippen molar-refractivity contribution < 1.29 is 0 Å². The molecule has 1 unspecified atom stereocenters. The molecule has 1 heteroatoms. The van der Waals surface area contributed by atoms with Gasteiger partial charge < -0.3 is 4.90 Å². The van der Waals surface area contributed by atoms with Crippen LogP contribution < -0.4 is 4.90 Å². The predicted octanol–water partition coefficient (Wildman–Crippen LogP) is 18.9. The molecule has 0 fully saturated rings. The van der Waals surface area contributed by atoms with Crippen molar-refractivity contribution in [1.82, 2.24) is 0 Å². The van der Waals surface area contributed by atoms with Crippen LogP contribution in [0.1, 0.15) is 44.5 Å². The minimum atomic E-state index is -0.781. The number of rotatable bonds is 7. The largest absolute Gasteiger partial charge is 0.310 e. The van der Waals surface area contributed by atoms with E-state index in [1.54, 1.807) is 0 Å². The zero-order valence-electron chi connectivity index (χ0n) is 41.2. The van der Waals surface area contributed by atoms with Gasteiger partial charge in [0.15, 0.2) is 0 Å². The Balaban J connectivity index is 1.08.